The highest BCUT2D eigenvalue weighted by atomic mass is 16.6. The Morgan fingerprint density at radius 2 is 2.00 bits per heavy atom. The van der Waals surface area contributed by atoms with Crippen LogP contribution in [0.1, 0.15) is 20.3 Å². The van der Waals surface area contributed by atoms with E-state index in [1.165, 1.54) is 13.8 Å². The Kier molecular flexibility index (Phi) is 3.86. The summed E-state index contributed by atoms with van der Waals surface area (Å²) in [6, 6.07) is 0. The Morgan fingerprint density at radius 1 is 1.36 bits per heavy atom. The van der Waals surface area contributed by atoms with E-state index in [9.17, 15) is 10.2 Å². The van der Waals surface area contributed by atoms with Crippen LogP contribution in [0.2, 0.25) is 0 Å². The van der Waals surface area contributed by atoms with Crippen molar-refractivity contribution in [1.82, 2.24) is 0 Å². The Hall–Kier alpha value is -0.200. The summed E-state index contributed by atoms with van der Waals surface area (Å²) in [5.74, 6) is -1.19. The molecule has 0 bridgehead atoms. The number of aliphatic hydroxyl groups is 3. The molecule has 1 fully saturated rings. The average molecular weight is 206 g/mol. The van der Waals surface area contributed by atoms with Crippen molar-refractivity contribution in [3.63, 3.8) is 0 Å². The molecular weight excluding hydrogens is 188 g/mol. The van der Waals surface area contributed by atoms with Crippen LogP contribution >= 0.6 is 0 Å². The lowest BCUT2D eigenvalue weighted by Gasteiger charge is -2.31. The molecule has 1 aliphatic rings. The second-order valence-corrected chi connectivity index (χ2v) is 4.08. The number of ether oxygens (including phenoxy) is 2. The van der Waals surface area contributed by atoms with E-state index < -0.39 is 18.0 Å². The van der Waals surface area contributed by atoms with Crippen LogP contribution in [0.15, 0.2) is 0 Å². The topological polar surface area (TPSA) is 79.2 Å². The van der Waals surface area contributed by atoms with Gasteiger partial charge in [0.2, 0.25) is 0 Å². The first-order valence-electron chi connectivity index (χ1n) is 4.72. The lowest BCUT2D eigenvalue weighted by molar-refractivity contribution is -0.211. The first-order valence-corrected chi connectivity index (χ1v) is 4.72. The Morgan fingerprint density at radius 3 is 2.50 bits per heavy atom. The molecule has 3 N–H and O–H groups in total. The molecule has 5 heteroatoms. The molecule has 0 aromatic rings. The van der Waals surface area contributed by atoms with Gasteiger partial charge in [-0.25, -0.2) is 0 Å². The highest BCUT2D eigenvalue weighted by Gasteiger charge is 2.29. The molecule has 0 amide bonds. The van der Waals surface area contributed by atoms with E-state index in [-0.39, 0.29) is 19.3 Å². The van der Waals surface area contributed by atoms with Gasteiger partial charge in [-0.3, -0.25) is 0 Å². The minimum absolute atomic E-state index is 0.112. The van der Waals surface area contributed by atoms with Gasteiger partial charge in [-0.15, -0.1) is 0 Å². The minimum atomic E-state index is -1.19. The first-order chi connectivity index (χ1) is 6.38. The van der Waals surface area contributed by atoms with Crippen molar-refractivity contribution in [2.75, 3.05) is 13.2 Å². The van der Waals surface area contributed by atoms with Crippen molar-refractivity contribution in [3.8, 4) is 0 Å². The molecule has 84 valence electrons. The van der Waals surface area contributed by atoms with Gasteiger partial charge in [0.15, 0.2) is 5.79 Å². The first kappa shape index (κ1) is 11.9. The van der Waals surface area contributed by atoms with Gasteiger partial charge in [0.05, 0.1) is 25.4 Å². The number of hydrogen-bond donors (Lipinski definition) is 3. The summed E-state index contributed by atoms with van der Waals surface area (Å²) in [5, 5.41) is 27.8. The number of aliphatic hydroxyl groups excluding tert-OH is 2. The van der Waals surface area contributed by atoms with Crippen molar-refractivity contribution < 1.29 is 24.8 Å². The number of hydrogen-bond acceptors (Lipinski definition) is 5. The van der Waals surface area contributed by atoms with Crippen molar-refractivity contribution in [1.29, 1.82) is 0 Å². The average Bonchev–Trinajstić information content (AvgIpc) is 2.06. The maximum Gasteiger partial charge on any atom is 0.159 e. The van der Waals surface area contributed by atoms with Crippen LogP contribution in [0.4, 0.5) is 0 Å². The Bertz CT molecular complexity index is 177. The zero-order valence-corrected chi connectivity index (χ0v) is 8.51. The van der Waals surface area contributed by atoms with Gasteiger partial charge in [-0.1, -0.05) is 0 Å². The third-order valence-electron chi connectivity index (χ3n) is 2.07. The van der Waals surface area contributed by atoms with Crippen LogP contribution in [0.25, 0.3) is 0 Å². The maximum absolute atomic E-state index is 9.33. The van der Waals surface area contributed by atoms with E-state index in [1.807, 2.05) is 0 Å². The van der Waals surface area contributed by atoms with Gasteiger partial charge in [-0.2, -0.15) is 0 Å². The van der Waals surface area contributed by atoms with E-state index in [0.717, 1.165) is 0 Å². The smallest absolute Gasteiger partial charge is 0.159 e. The lowest BCUT2D eigenvalue weighted by Crippen LogP contribution is -2.43. The third kappa shape index (κ3) is 3.89. The van der Waals surface area contributed by atoms with E-state index in [2.05, 4.69) is 0 Å². The molecule has 0 aliphatic carbocycles. The highest BCUT2D eigenvalue weighted by molar-refractivity contribution is 4.77. The van der Waals surface area contributed by atoms with Gasteiger partial charge >= 0.3 is 0 Å². The molecule has 0 unspecified atom stereocenters. The van der Waals surface area contributed by atoms with Gasteiger partial charge in [-0.05, 0) is 13.8 Å². The Labute approximate surface area is 83.3 Å². The van der Waals surface area contributed by atoms with Crippen LogP contribution in [-0.4, -0.2) is 52.6 Å². The lowest BCUT2D eigenvalue weighted by atomic mass is 10.0. The molecule has 0 spiro atoms. The fourth-order valence-corrected chi connectivity index (χ4v) is 1.25. The third-order valence-corrected chi connectivity index (χ3v) is 2.07. The van der Waals surface area contributed by atoms with Gasteiger partial charge in [0.25, 0.3) is 0 Å². The van der Waals surface area contributed by atoms with Gasteiger partial charge in [0.1, 0.15) is 6.10 Å². The molecule has 1 aliphatic heterocycles. The molecule has 0 aromatic carbocycles. The van der Waals surface area contributed by atoms with Gasteiger partial charge in [0, 0.05) is 6.42 Å². The molecule has 0 radical (unpaired) electrons. The fourth-order valence-electron chi connectivity index (χ4n) is 1.25. The monoisotopic (exact) mass is 206 g/mol. The quantitative estimate of drug-likeness (QED) is 0.529. The molecule has 14 heavy (non-hydrogen) atoms. The van der Waals surface area contributed by atoms with Crippen LogP contribution < -0.4 is 0 Å². The second-order valence-electron chi connectivity index (χ2n) is 4.08. The summed E-state index contributed by atoms with van der Waals surface area (Å²) in [4.78, 5) is 0. The van der Waals surface area contributed by atoms with E-state index in [4.69, 9.17) is 14.6 Å². The molecular formula is C9H18O5. The standard InChI is InChI=1S/C9H18O5/c1-9(2,12)14-4-6-3-7(10)8(11)5-13-6/h6-8,10-12H,3-5H2,1-2H3/t6-,7-,8+/m1/s1. The predicted octanol–water partition coefficient (Wildman–Crippen LogP) is -0.758. The largest absolute Gasteiger partial charge is 0.390 e. The molecule has 1 heterocycles. The number of rotatable bonds is 3. The predicted molar refractivity (Wildman–Crippen MR) is 48.6 cm³/mol. The fraction of sp³-hybridized carbons (Fsp3) is 1.00. The molecule has 5 nitrogen and oxygen atoms in total. The highest BCUT2D eigenvalue weighted by Crippen LogP contribution is 2.16. The van der Waals surface area contributed by atoms with Crippen LogP contribution in [-0.2, 0) is 9.47 Å². The minimum Gasteiger partial charge on any atom is -0.390 e. The Balaban J connectivity index is 2.27. The summed E-state index contributed by atoms with van der Waals surface area (Å²) in [6.07, 6.45) is -1.51. The zero-order chi connectivity index (χ0) is 10.8. The summed E-state index contributed by atoms with van der Waals surface area (Å²) >= 11 is 0. The van der Waals surface area contributed by atoms with E-state index in [1.54, 1.807) is 0 Å². The molecule has 1 saturated heterocycles. The van der Waals surface area contributed by atoms with Crippen molar-refractivity contribution in [2.45, 2.75) is 44.4 Å². The van der Waals surface area contributed by atoms with Crippen molar-refractivity contribution in [2.24, 2.45) is 0 Å². The van der Waals surface area contributed by atoms with Gasteiger partial charge < -0.3 is 24.8 Å². The molecule has 0 saturated carbocycles. The summed E-state index contributed by atoms with van der Waals surface area (Å²) < 4.78 is 10.3. The van der Waals surface area contributed by atoms with Crippen LogP contribution in [0.5, 0.6) is 0 Å². The summed E-state index contributed by atoms with van der Waals surface area (Å²) in [7, 11) is 0. The zero-order valence-electron chi connectivity index (χ0n) is 8.51. The van der Waals surface area contributed by atoms with E-state index in [0.29, 0.717) is 6.42 Å². The second kappa shape index (κ2) is 4.55. The molecule has 1 rings (SSSR count). The normalized spacial score (nSPS) is 34.5. The molecule has 3 atom stereocenters. The van der Waals surface area contributed by atoms with Crippen LogP contribution in [0, 0.1) is 0 Å². The molecule has 0 aromatic heterocycles. The summed E-state index contributed by atoms with van der Waals surface area (Å²) in [5.41, 5.74) is 0. The maximum atomic E-state index is 9.33. The van der Waals surface area contributed by atoms with Crippen molar-refractivity contribution in [3.05, 3.63) is 0 Å². The van der Waals surface area contributed by atoms with E-state index >= 15 is 0 Å². The van der Waals surface area contributed by atoms with Crippen molar-refractivity contribution >= 4 is 0 Å². The van der Waals surface area contributed by atoms with Crippen LogP contribution in [0.3, 0.4) is 0 Å². The SMILES string of the molecule is CC(C)(O)OC[C@H]1C[C@@H](O)[C@@H](O)CO1. The summed E-state index contributed by atoms with van der Waals surface area (Å²) in [6.45, 7) is 3.39.